The molecule has 0 radical (unpaired) electrons. The fraction of sp³-hybridized carbons (Fsp3) is 0.474. The van der Waals surface area contributed by atoms with Crippen molar-refractivity contribution < 1.29 is 14.6 Å². The van der Waals surface area contributed by atoms with E-state index >= 15 is 0 Å². The minimum absolute atomic E-state index is 0.0428. The van der Waals surface area contributed by atoms with Crippen molar-refractivity contribution in [3.8, 4) is 5.88 Å². The Bertz CT molecular complexity index is 939. The number of likely N-dealkylation sites (tertiary alicyclic amines) is 1. The molecule has 1 atom stereocenters. The lowest BCUT2D eigenvalue weighted by Gasteiger charge is -2.41. The van der Waals surface area contributed by atoms with E-state index in [1.54, 1.807) is 4.52 Å². The summed E-state index contributed by atoms with van der Waals surface area (Å²) in [7, 11) is 0. The molecule has 1 unspecified atom stereocenters. The van der Waals surface area contributed by atoms with Crippen LogP contribution in [0, 0.1) is 6.92 Å². The van der Waals surface area contributed by atoms with Gasteiger partial charge in [-0.15, -0.1) is 5.10 Å². The van der Waals surface area contributed by atoms with Gasteiger partial charge in [-0.2, -0.15) is 4.52 Å². The highest BCUT2D eigenvalue weighted by Gasteiger charge is 2.42. The summed E-state index contributed by atoms with van der Waals surface area (Å²) in [6.07, 6.45) is 1.66. The second-order valence-electron chi connectivity index (χ2n) is 7.10. The lowest BCUT2D eigenvalue weighted by Crippen LogP contribution is -2.46. The summed E-state index contributed by atoms with van der Waals surface area (Å²) in [6, 6.07) is 10.3. The number of benzene rings is 1. The lowest BCUT2D eigenvalue weighted by molar-refractivity contribution is -0.187. The van der Waals surface area contributed by atoms with Crippen LogP contribution in [0.3, 0.4) is 0 Å². The molecular formula is C19H22N4O3S. The van der Waals surface area contributed by atoms with E-state index < -0.39 is 5.79 Å². The SMILES string of the molecule is Cc1nc2sc(C(c3ccccc3)N3CCC4(CC3)OCCO4)c(O)n2n1. The molecule has 142 valence electrons. The number of rotatable bonds is 3. The Kier molecular flexibility index (Phi) is 4.16. The third kappa shape index (κ3) is 2.93. The van der Waals surface area contributed by atoms with Gasteiger partial charge >= 0.3 is 0 Å². The number of thiazole rings is 1. The van der Waals surface area contributed by atoms with Crippen LogP contribution in [-0.4, -0.2) is 56.7 Å². The highest BCUT2D eigenvalue weighted by atomic mass is 32.1. The molecule has 1 aromatic carbocycles. The number of hydrogen-bond acceptors (Lipinski definition) is 7. The number of fused-ring (bicyclic) bond motifs is 1. The van der Waals surface area contributed by atoms with Crippen LogP contribution in [0.4, 0.5) is 0 Å². The van der Waals surface area contributed by atoms with E-state index in [9.17, 15) is 5.11 Å². The Morgan fingerprint density at radius 2 is 1.85 bits per heavy atom. The fourth-order valence-corrected chi connectivity index (χ4v) is 5.26. The summed E-state index contributed by atoms with van der Waals surface area (Å²) < 4.78 is 13.3. The van der Waals surface area contributed by atoms with Gasteiger partial charge in [0.1, 0.15) is 5.82 Å². The van der Waals surface area contributed by atoms with Crippen molar-refractivity contribution in [2.75, 3.05) is 26.3 Å². The van der Waals surface area contributed by atoms with Crippen LogP contribution >= 0.6 is 11.3 Å². The number of piperidine rings is 1. The van der Waals surface area contributed by atoms with Crippen molar-refractivity contribution in [3.63, 3.8) is 0 Å². The molecular weight excluding hydrogens is 364 g/mol. The summed E-state index contributed by atoms with van der Waals surface area (Å²) in [5, 5.41) is 15.2. The van der Waals surface area contributed by atoms with Crippen LogP contribution < -0.4 is 0 Å². The molecule has 0 bridgehead atoms. The Hall–Kier alpha value is -2.00. The third-order valence-corrected chi connectivity index (χ3v) is 6.48. The van der Waals surface area contributed by atoms with Crippen molar-refractivity contribution >= 4 is 16.3 Å². The van der Waals surface area contributed by atoms with Gasteiger partial charge in [-0.1, -0.05) is 41.7 Å². The van der Waals surface area contributed by atoms with E-state index in [4.69, 9.17) is 9.47 Å². The standard InChI is InChI=1S/C19H22N4O3S/c1-13-20-18-23(21-13)17(24)16(27-18)15(14-5-3-2-4-6-14)22-9-7-19(8-10-22)25-11-12-26-19/h2-6,15,24H,7-12H2,1H3. The summed E-state index contributed by atoms with van der Waals surface area (Å²) in [5.74, 6) is 0.426. The molecule has 1 N–H and O–H groups in total. The topological polar surface area (TPSA) is 72.1 Å². The molecule has 4 heterocycles. The first-order valence-electron chi connectivity index (χ1n) is 9.27. The monoisotopic (exact) mass is 386 g/mol. The normalized spacial score (nSPS) is 21.2. The summed E-state index contributed by atoms with van der Waals surface area (Å²) in [6.45, 7) is 4.86. The van der Waals surface area contributed by atoms with Crippen LogP contribution in [0.5, 0.6) is 5.88 Å². The van der Waals surface area contributed by atoms with Crippen molar-refractivity contribution in [3.05, 3.63) is 46.6 Å². The lowest BCUT2D eigenvalue weighted by atomic mass is 9.97. The molecule has 7 nitrogen and oxygen atoms in total. The minimum atomic E-state index is -0.414. The maximum absolute atomic E-state index is 10.9. The predicted octanol–water partition coefficient (Wildman–Crippen LogP) is 2.73. The molecule has 0 saturated carbocycles. The molecule has 2 aromatic heterocycles. The number of aryl methyl sites for hydroxylation is 1. The van der Waals surface area contributed by atoms with Gasteiger partial charge in [0.15, 0.2) is 5.79 Å². The number of ether oxygens (including phenoxy) is 2. The van der Waals surface area contributed by atoms with Gasteiger partial charge in [-0.3, -0.25) is 4.90 Å². The third-order valence-electron chi connectivity index (χ3n) is 5.41. The van der Waals surface area contributed by atoms with Gasteiger partial charge in [0.25, 0.3) is 0 Å². The molecule has 0 amide bonds. The average Bonchev–Trinajstić information content (AvgIpc) is 3.36. The van der Waals surface area contributed by atoms with Crippen LogP contribution in [-0.2, 0) is 9.47 Å². The van der Waals surface area contributed by atoms with Crippen LogP contribution in [0.15, 0.2) is 30.3 Å². The Morgan fingerprint density at radius 1 is 1.15 bits per heavy atom. The smallest absolute Gasteiger partial charge is 0.230 e. The number of hydrogen-bond donors (Lipinski definition) is 1. The first-order chi connectivity index (χ1) is 13.2. The van der Waals surface area contributed by atoms with E-state index in [1.165, 1.54) is 11.3 Å². The second kappa shape index (κ2) is 6.56. The fourth-order valence-electron chi connectivity index (χ4n) is 4.10. The van der Waals surface area contributed by atoms with Gasteiger partial charge in [0.05, 0.1) is 24.1 Å². The number of nitrogens with zero attached hydrogens (tertiary/aromatic N) is 4. The van der Waals surface area contributed by atoms with Crippen molar-refractivity contribution in [1.82, 2.24) is 19.5 Å². The van der Waals surface area contributed by atoms with Gasteiger partial charge in [0.2, 0.25) is 10.8 Å². The zero-order chi connectivity index (χ0) is 18.4. The molecule has 2 fully saturated rings. The van der Waals surface area contributed by atoms with Crippen LogP contribution in [0.1, 0.15) is 35.1 Å². The van der Waals surface area contributed by atoms with Gasteiger partial charge < -0.3 is 14.6 Å². The van der Waals surface area contributed by atoms with Gasteiger partial charge in [0, 0.05) is 25.9 Å². The molecule has 5 rings (SSSR count). The minimum Gasteiger partial charge on any atom is -0.492 e. The maximum Gasteiger partial charge on any atom is 0.230 e. The summed E-state index contributed by atoms with van der Waals surface area (Å²) in [5.41, 5.74) is 1.15. The number of aromatic nitrogens is 3. The molecule has 2 aliphatic heterocycles. The van der Waals surface area contributed by atoms with E-state index in [0.717, 1.165) is 41.3 Å². The second-order valence-corrected chi connectivity index (χ2v) is 8.11. The van der Waals surface area contributed by atoms with Crippen molar-refractivity contribution in [1.29, 1.82) is 0 Å². The van der Waals surface area contributed by atoms with Crippen molar-refractivity contribution in [2.24, 2.45) is 0 Å². The van der Waals surface area contributed by atoms with E-state index in [1.807, 2.05) is 25.1 Å². The highest BCUT2D eigenvalue weighted by Crippen LogP contribution is 2.42. The molecule has 8 heteroatoms. The van der Waals surface area contributed by atoms with Crippen LogP contribution in [0.2, 0.25) is 0 Å². The zero-order valence-electron chi connectivity index (χ0n) is 15.2. The molecule has 27 heavy (non-hydrogen) atoms. The Labute approximate surface area is 161 Å². The van der Waals surface area contributed by atoms with E-state index in [0.29, 0.717) is 19.0 Å². The first kappa shape index (κ1) is 17.1. The van der Waals surface area contributed by atoms with Gasteiger partial charge in [-0.05, 0) is 12.5 Å². The zero-order valence-corrected chi connectivity index (χ0v) is 16.0. The van der Waals surface area contributed by atoms with Crippen molar-refractivity contribution in [2.45, 2.75) is 31.6 Å². The van der Waals surface area contributed by atoms with Crippen LogP contribution in [0.25, 0.3) is 4.96 Å². The van der Waals surface area contributed by atoms with Gasteiger partial charge in [-0.25, -0.2) is 4.98 Å². The number of aromatic hydroxyl groups is 1. The first-order valence-corrected chi connectivity index (χ1v) is 10.1. The summed E-state index contributed by atoms with van der Waals surface area (Å²) in [4.78, 5) is 8.41. The Balaban J connectivity index is 1.51. The molecule has 2 aliphatic rings. The Morgan fingerprint density at radius 3 is 2.52 bits per heavy atom. The van der Waals surface area contributed by atoms with E-state index in [2.05, 4.69) is 27.1 Å². The largest absolute Gasteiger partial charge is 0.492 e. The maximum atomic E-state index is 10.9. The summed E-state index contributed by atoms with van der Waals surface area (Å²) >= 11 is 1.50. The molecule has 1 spiro atoms. The quantitative estimate of drug-likeness (QED) is 0.746. The average molecular weight is 386 g/mol. The molecule has 3 aromatic rings. The predicted molar refractivity (Wildman–Crippen MR) is 101 cm³/mol. The molecule has 0 aliphatic carbocycles. The highest BCUT2D eigenvalue weighted by molar-refractivity contribution is 7.17. The molecule has 2 saturated heterocycles. The van der Waals surface area contributed by atoms with E-state index in [-0.39, 0.29) is 11.9 Å².